The van der Waals surface area contributed by atoms with E-state index in [9.17, 15) is 9.18 Å². The summed E-state index contributed by atoms with van der Waals surface area (Å²) in [6.45, 7) is 7.45. The molecule has 10 heteroatoms. The van der Waals surface area contributed by atoms with Gasteiger partial charge in [-0.2, -0.15) is 9.90 Å². The molecule has 3 aromatic rings. The number of carbonyl (C=O) groups is 1. The number of carbonyl (C=O) groups excluding carboxylic acids is 1. The van der Waals surface area contributed by atoms with Crippen molar-refractivity contribution in [3.8, 4) is 16.9 Å². The molecule has 0 radical (unpaired) electrons. The molecule has 1 N–H and O–H groups in total. The average Bonchev–Trinajstić information content (AvgIpc) is 3.36. The molecule has 0 saturated carbocycles. The van der Waals surface area contributed by atoms with E-state index < -0.39 is 11.7 Å². The van der Waals surface area contributed by atoms with E-state index in [1.807, 2.05) is 20.8 Å². The first-order chi connectivity index (χ1) is 16.1. The number of hydrogen-bond acceptors (Lipinski definition) is 5. The van der Waals surface area contributed by atoms with Gasteiger partial charge in [0, 0.05) is 31.2 Å². The molecule has 0 aliphatic carbocycles. The summed E-state index contributed by atoms with van der Waals surface area (Å²) in [6, 6.07) is 11.3. The monoisotopic (exact) mass is 505 g/mol. The first kappa shape index (κ1) is 24.4. The van der Waals surface area contributed by atoms with Gasteiger partial charge in [-0.3, -0.25) is 4.90 Å². The minimum absolute atomic E-state index is 0.0192. The second-order valence-corrected chi connectivity index (χ2v) is 10.1. The molecule has 1 atom stereocenters. The van der Waals surface area contributed by atoms with Crippen LogP contribution in [0.2, 0.25) is 10.0 Å². The molecule has 34 heavy (non-hydrogen) atoms. The number of likely N-dealkylation sites (tertiary alicyclic amines) is 1. The van der Waals surface area contributed by atoms with Crippen LogP contribution in [0.3, 0.4) is 0 Å². The predicted molar refractivity (Wildman–Crippen MR) is 130 cm³/mol. The normalized spacial score (nSPS) is 16.6. The maximum absolute atomic E-state index is 13.5. The Morgan fingerprint density at radius 2 is 1.88 bits per heavy atom. The molecule has 1 saturated heterocycles. The third-order valence-electron chi connectivity index (χ3n) is 5.30. The molecule has 1 amide bonds. The standard InChI is InChI=1S/C24H26Cl2FN5O2/c1-24(2,3)34-23(33)28-17-10-11-31(13-17)14-21-22(15-4-6-16(27)7-5-15)30-32(29-21)18-8-9-19(25)20(26)12-18/h4-9,12,17H,10-11,13-14H2,1-3H3,(H,28,33). The van der Waals surface area contributed by atoms with Crippen molar-refractivity contribution in [2.75, 3.05) is 13.1 Å². The van der Waals surface area contributed by atoms with E-state index in [1.54, 1.807) is 30.3 Å². The smallest absolute Gasteiger partial charge is 0.407 e. The highest BCUT2D eigenvalue weighted by Gasteiger charge is 2.28. The lowest BCUT2D eigenvalue weighted by Gasteiger charge is -2.22. The van der Waals surface area contributed by atoms with Gasteiger partial charge in [0.15, 0.2) is 0 Å². The number of rotatable bonds is 5. The van der Waals surface area contributed by atoms with Gasteiger partial charge in [-0.15, -0.1) is 5.10 Å². The fraction of sp³-hybridized carbons (Fsp3) is 0.375. The Morgan fingerprint density at radius 3 is 2.56 bits per heavy atom. The van der Waals surface area contributed by atoms with E-state index in [-0.39, 0.29) is 11.9 Å². The molecule has 1 aliphatic rings. The third kappa shape index (κ3) is 6.05. The summed E-state index contributed by atoms with van der Waals surface area (Å²) in [5.41, 5.74) is 2.25. The Balaban J connectivity index is 1.54. The molecule has 1 unspecified atom stereocenters. The average molecular weight is 506 g/mol. The van der Waals surface area contributed by atoms with E-state index in [4.69, 9.17) is 33.0 Å². The van der Waals surface area contributed by atoms with Gasteiger partial charge in [0.25, 0.3) is 0 Å². The fourth-order valence-corrected chi connectivity index (χ4v) is 4.07. The number of aromatic nitrogens is 3. The van der Waals surface area contributed by atoms with Gasteiger partial charge in [-0.1, -0.05) is 23.2 Å². The van der Waals surface area contributed by atoms with Crippen molar-refractivity contribution in [2.45, 2.75) is 45.4 Å². The zero-order valence-electron chi connectivity index (χ0n) is 19.2. The van der Waals surface area contributed by atoms with Gasteiger partial charge >= 0.3 is 6.09 Å². The molecule has 1 aromatic heterocycles. The van der Waals surface area contributed by atoms with Crippen LogP contribution in [-0.2, 0) is 11.3 Å². The molecular formula is C24H26Cl2FN5O2. The van der Waals surface area contributed by atoms with Gasteiger partial charge in [0.05, 0.1) is 15.7 Å². The van der Waals surface area contributed by atoms with Gasteiger partial charge in [-0.25, -0.2) is 9.18 Å². The number of nitrogens with one attached hydrogen (secondary N) is 1. The van der Waals surface area contributed by atoms with Crippen molar-refractivity contribution in [1.29, 1.82) is 0 Å². The fourth-order valence-electron chi connectivity index (χ4n) is 3.78. The van der Waals surface area contributed by atoms with Crippen molar-refractivity contribution in [3.63, 3.8) is 0 Å². The first-order valence-corrected chi connectivity index (χ1v) is 11.7. The Labute approximate surface area is 207 Å². The summed E-state index contributed by atoms with van der Waals surface area (Å²) in [6.07, 6.45) is 0.378. The number of hydrogen-bond donors (Lipinski definition) is 1. The minimum atomic E-state index is -0.546. The molecule has 2 heterocycles. The van der Waals surface area contributed by atoms with E-state index in [2.05, 4.69) is 15.3 Å². The Hall–Kier alpha value is -2.68. The molecule has 0 spiro atoms. The van der Waals surface area contributed by atoms with Crippen LogP contribution in [0.4, 0.5) is 9.18 Å². The Morgan fingerprint density at radius 1 is 1.15 bits per heavy atom. The molecule has 4 rings (SSSR count). The minimum Gasteiger partial charge on any atom is -0.444 e. The molecule has 0 bridgehead atoms. The lowest BCUT2D eigenvalue weighted by atomic mass is 10.1. The molecular weight excluding hydrogens is 480 g/mol. The second kappa shape index (κ2) is 9.90. The van der Waals surface area contributed by atoms with E-state index >= 15 is 0 Å². The largest absolute Gasteiger partial charge is 0.444 e. The summed E-state index contributed by atoms with van der Waals surface area (Å²) in [5.74, 6) is -0.322. The number of ether oxygens (including phenoxy) is 1. The summed E-state index contributed by atoms with van der Waals surface area (Å²) < 4.78 is 18.9. The zero-order valence-corrected chi connectivity index (χ0v) is 20.7. The summed E-state index contributed by atoms with van der Waals surface area (Å²) in [5, 5.41) is 13.1. The highest BCUT2D eigenvalue weighted by Crippen LogP contribution is 2.27. The van der Waals surface area contributed by atoms with Crippen molar-refractivity contribution < 1.29 is 13.9 Å². The summed E-state index contributed by atoms with van der Waals surface area (Å²) >= 11 is 12.2. The quantitative estimate of drug-likeness (QED) is 0.496. The highest BCUT2D eigenvalue weighted by atomic mass is 35.5. The van der Waals surface area contributed by atoms with Crippen molar-refractivity contribution in [1.82, 2.24) is 25.2 Å². The molecule has 180 valence electrons. The van der Waals surface area contributed by atoms with E-state index in [1.165, 1.54) is 16.9 Å². The predicted octanol–water partition coefficient (Wildman–Crippen LogP) is 5.48. The number of halogens is 3. The molecule has 7 nitrogen and oxygen atoms in total. The molecule has 1 aliphatic heterocycles. The van der Waals surface area contributed by atoms with Gasteiger partial charge < -0.3 is 10.1 Å². The van der Waals surface area contributed by atoms with E-state index in [0.717, 1.165) is 24.2 Å². The Kier molecular flexibility index (Phi) is 7.12. The van der Waals surface area contributed by atoms with Crippen molar-refractivity contribution in [2.24, 2.45) is 0 Å². The van der Waals surface area contributed by atoms with Crippen LogP contribution in [0.1, 0.15) is 32.9 Å². The molecule has 1 fully saturated rings. The first-order valence-electron chi connectivity index (χ1n) is 11.0. The van der Waals surface area contributed by atoms with Crippen LogP contribution in [0.5, 0.6) is 0 Å². The lowest BCUT2D eigenvalue weighted by Crippen LogP contribution is -2.40. The van der Waals surface area contributed by atoms with Crippen LogP contribution in [0.25, 0.3) is 16.9 Å². The van der Waals surface area contributed by atoms with Crippen LogP contribution < -0.4 is 5.32 Å². The maximum atomic E-state index is 13.5. The van der Waals surface area contributed by atoms with Crippen molar-refractivity contribution >= 4 is 29.3 Å². The van der Waals surface area contributed by atoms with Crippen LogP contribution in [0, 0.1) is 5.82 Å². The van der Waals surface area contributed by atoms with Crippen LogP contribution >= 0.6 is 23.2 Å². The van der Waals surface area contributed by atoms with Crippen molar-refractivity contribution in [3.05, 3.63) is 64.0 Å². The van der Waals surface area contributed by atoms with Crippen LogP contribution in [0.15, 0.2) is 42.5 Å². The zero-order chi connectivity index (χ0) is 24.5. The number of benzene rings is 2. The van der Waals surface area contributed by atoms with Gasteiger partial charge in [0.2, 0.25) is 0 Å². The SMILES string of the molecule is CC(C)(C)OC(=O)NC1CCN(Cc2nn(-c3ccc(Cl)c(Cl)c3)nc2-c2ccc(F)cc2)C1. The maximum Gasteiger partial charge on any atom is 0.407 e. The van der Waals surface area contributed by atoms with Gasteiger partial charge in [0.1, 0.15) is 22.8 Å². The summed E-state index contributed by atoms with van der Waals surface area (Å²) in [4.78, 5) is 15.8. The number of nitrogens with zero attached hydrogens (tertiary/aromatic N) is 4. The second-order valence-electron chi connectivity index (χ2n) is 9.26. The van der Waals surface area contributed by atoms with E-state index in [0.29, 0.717) is 34.5 Å². The topological polar surface area (TPSA) is 72.3 Å². The van der Waals surface area contributed by atoms with Crippen LogP contribution in [-0.4, -0.2) is 50.7 Å². The third-order valence-corrected chi connectivity index (χ3v) is 6.04. The lowest BCUT2D eigenvalue weighted by molar-refractivity contribution is 0.0505. The number of amides is 1. The number of alkyl carbamates (subject to hydrolysis) is 1. The highest BCUT2D eigenvalue weighted by molar-refractivity contribution is 6.42. The Bertz CT molecular complexity index is 1180. The molecule has 2 aromatic carbocycles. The van der Waals surface area contributed by atoms with Gasteiger partial charge in [-0.05, 0) is 69.7 Å². The summed E-state index contributed by atoms with van der Waals surface area (Å²) in [7, 11) is 0.